The number of aldehydes is 1. The average molecular weight is 268 g/mol. The Balaban J connectivity index is 2.11. The van der Waals surface area contributed by atoms with Gasteiger partial charge in [-0.15, -0.1) is 0 Å². The van der Waals surface area contributed by atoms with Crippen LogP contribution in [0.2, 0.25) is 0 Å². The first kappa shape index (κ1) is 12.3. The van der Waals surface area contributed by atoms with Crippen LogP contribution in [-0.2, 0) is 4.79 Å². The first-order valence-corrected chi connectivity index (χ1v) is 6.15. The van der Waals surface area contributed by atoms with Crippen molar-refractivity contribution in [2.75, 3.05) is 0 Å². The molecule has 1 aliphatic heterocycles. The lowest BCUT2D eigenvalue weighted by molar-refractivity contribution is -0.108. The highest BCUT2D eigenvalue weighted by Gasteiger charge is 2.26. The zero-order valence-corrected chi connectivity index (χ0v) is 10.5. The summed E-state index contributed by atoms with van der Waals surface area (Å²) in [5, 5.41) is 19.4. The van der Waals surface area contributed by atoms with Crippen molar-refractivity contribution >= 4 is 12.0 Å². The van der Waals surface area contributed by atoms with Crippen LogP contribution >= 0.6 is 0 Å². The molecule has 0 aromatic heterocycles. The lowest BCUT2D eigenvalue weighted by Crippen LogP contribution is -2.10. The van der Waals surface area contributed by atoms with Gasteiger partial charge >= 0.3 is 0 Å². The number of rotatable bonds is 2. The van der Waals surface area contributed by atoms with Gasteiger partial charge in [-0.05, 0) is 6.08 Å². The lowest BCUT2D eigenvalue weighted by atomic mass is 9.94. The van der Waals surface area contributed by atoms with E-state index in [-0.39, 0.29) is 11.5 Å². The van der Waals surface area contributed by atoms with Gasteiger partial charge < -0.3 is 19.7 Å². The largest absolute Gasteiger partial charge is 0.508 e. The second kappa shape index (κ2) is 4.74. The number of allylic oxidation sites excluding steroid dienone is 1. The fraction of sp³-hybridized carbons (Fsp3) is 0.0625. The number of phenols is 2. The predicted octanol–water partition coefficient (Wildman–Crippen LogP) is 2.81. The van der Waals surface area contributed by atoms with E-state index in [9.17, 15) is 15.0 Å². The zero-order valence-electron chi connectivity index (χ0n) is 10.5. The Morgan fingerprint density at radius 2 is 1.85 bits per heavy atom. The molecule has 1 unspecified atom stereocenters. The number of phenolic OH excluding ortho intramolecular Hbond substituents is 2. The molecule has 100 valence electrons. The number of fused-ring (bicyclic) bond motifs is 1. The van der Waals surface area contributed by atoms with E-state index in [1.165, 1.54) is 12.1 Å². The molecule has 2 aromatic carbocycles. The van der Waals surface area contributed by atoms with Crippen LogP contribution in [0.4, 0.5) is 0 Å². The fourth-order valence-corrected chi connectivity index (χ4v) is 2.28. The van der Waals surface area contributed by atoms with Crippen LogP contribution in [0.3, 0.4) is 0 Å². The van der Waals surface area contributed by atoms with Crippen LogP contribution < -0.4 is 4.74 Å². The molecule has 0 saturated heterocycles. The Morgan fingerprint density at radius 3 is 2.55 bits per heavy atom. The van der Waals surface area contributed by atoms with Crippen LogP contribution in [0.1, 0.15) is 17.0 Å². The van der Waals surface area contributed by atoms with Gasteiger partial charge in [0.05, 0.1) is 11.5 Å². The highest BCUT2D eigenvalue weighted by molar-refractivity contribution is 5.79. The molecule has 1 heterocycles. The molecular formula is C16H12O4. The Labute approximate surface area is 115 Å². The minimum absolute atomic E-state index is 0.111. The SMILES string of the molecule is O=CC1C=C(c2ccccc2)Oc2cc(O)cc(O)c21. The van der Waals surface area contributed by atoms with Crippen LogP contribution in [-0.4, -0.2) is 16.5 Å². The van der Waals surface area contributed by atoms with Gasteiger partial charge in [0.2, 0.25) is 0 Å². The van der Waals surface area contributed by atoms with Gasteiger partial charge in [-0.3, -0.25) is 0 Å². The van der Waals surface area contributed by atoms with E-state index in [0.29, 0.717) is 17.1 Å². The number of hydrogen-bond donors (Lipinski definition) is 2. The number of hydrogen-bond acceptors (Lipinski definition) is 4. The van der Waals surface area contributed by atoms with Crippen LogP contribution in [0.25, 0.3) is 5.76 Å². The minimum Gasteiger partial charge on any atom is -0.508 e. The maximum absolute atomic E-state index is 11.3. The van der Waals surface area contributed by atoms with E-state index >= 15 is 0 Å². The van der Waals surface area contributed by atoms with Crippen molar-refractivity contribution in [1.29, 1.82) is 0 Å². The summed E-state index contributed by atoms with van der Waals surface area (Å²) in [7, 11) is 0. The van der Waals surface area contributed by atoms with Crippen LogP contribution in [0.5, 0.6) is 17.2 Å². The molecule has 1 aliphatic rings. The topological polar surface area (TPSA) is 66.8 Å². The number of aromatic hydroxyl groups is 2. The third kappa shape index (κ3) is 2.01. The van der Waals surface area contributed by atoms with E-state index < -0.39 is 5.92 Å². The van der Waals surface area contributed by atoms with E-state index in [1.54, 1.807) is 6.08 Å². The zero-order chi connectivity index (χ0) is 14.1. The summed E-state index contributed by atoms with van der Waals surface area (Å²) in [6, 6.07) is 11.9. The first-order chi connectivity index (χ1) is 9.69. The fourth-order valence-electron chi connectivity index (χ4n) is 2.28. The Bertz CT molecular complexity index is 689. The number of benzene rings is 2. The monoisotopic (exact) mass is 268 g/mol. The number of carbonyl (C=O) groups is 1. The first-order valence-electron chi connectivity index (χ1n) is 6.15. The van der Waals surface area contributed by atoms with Gasteiger partial charge in [0.15, 0.2) is 0 Å². The summed E-state index contributed by atoms with van der Waals surface area (Å²) in [4.78, 5) is 11.3. The smallest absolute Gasteiger partial charge is 0.139 e. The standard InChI is InChI=1S/C16H12O4/c17-9-11-6-14(10-4-2-1-3-5-10)20-15-8-12(18)7-13(19)16(11)15/h1-9,11,18-19H. The summed E-state index contributed by atoms with van der Waals surface area (Å²) in [5.41, 5.74) is 1.20. The van der Waals surface area contributed by atoms with Gasteiger partial charge in [0.1, 0.15) is 29.3 Å². The molecule has 0 aliphatic carbocycles. The molecule has 4 heteroatoms. The van der Waals surface area contributed by atoms with E-state index in [0.717, 1.165) is 11.8 Å². The van der Waals surface area contributed by atoms with E-state index in [4.69, 9.17) is 4.74 Å². The van der Waals surface area contributed by atoms with Crippen molar-refractivity contribution in [3.05, 3.63) is 59.7 Å². The maximum Gasteiger partial charge on any atom is 0.139 e. The van der Waals surface area contributed by atoms with Crippen LogP contribution in [0.15, 0.2) is 48.5 Å². The van der Waals surface area contributed by atoms with Crippen molar-refractivity contribution < 1.29 is 19.7 Å². The van der Waals surface area contributed by atoms with Gasteiger partial charge in [0, 0.05) is 17.7 Å². The molecule has 2 aromatic rings. The average Bonchev–Trinajstić information content (AvgIpc) is 2.46. The van der Waals surface area contributed by atoms with Crippen molar-refractivity contribution in [1.82, 2.24) is 0 Å². The molecule has 0 fully saturated rings. The van der Waals surface area contributed by atoms with Crippen LogP contribution in [0, 0.1) is 0 Å². The van der Waals surface area contributed by atoms with E-state index in [2.05, 4.69) is 0 Å². The summed E-state index contributed by atoms with van der Waals surface area (Å²) in [6.45, 7) is 0. The Hall–Kier alpha value is -2.75. The molecule has 4 nitrogen and oxygen atoms in total. The van der Waals surface area contributed by atoms with Crippen molar-refractivity contribution in [3.63, 3.8) is 0 Å². The van der Waals surface area contributed by atoms with Gasteiger partial charge in [-0.25, -0.2) is 0 Å². The minimum atomic E-state index is -0.602. The molecule has 0 bridgehead atoms. The van der Waals surface area contributed by atoms with Gasteiger partial charge in [-0.2, -0.15) is 0 Å². The molecule has 3 rings (SSSR count). The van der Waals surface area contributed by atoms with Gasteiger partial charge in [-0.1, -0.05) is 30.3 Å². The summed E-state index contributed by atoms with van der Waals surface area (Å²) >= 11 is 0. The normalized spacial score (nSPS) is 16.8. The third-order valence-electron chi connectivity index (χ3n) is 3.19. The van der Waals surface area contributed by atoms with Crippen molar-refractivity contribution in [2.45, 2.75) is 5.92 Å². The molecule has 0 saturated carbocycles. The second-order valence-corrected chi connectivity index (χ2v) is 4.54. The van der Waals surface area contributed by atoms with Crippen molar-refractivity contribution in [3.8, 4) is 17.2 Å². The molecule has 20 heavy (non-hydrogen) atoms. The molecular weight excluding hydrogens is 256 g/mol. The second-order valence-electron chi connectivity index (χ2n) is 4.54. The predicted molar refractivity (Wildman–Crippen MR) is 73.6 cm³/mol. The molecule has 0 amide bonds. The quantitative estimate of drug-likeness (QED) is 0.822. The molecule has 1 atom stereocenters. The van der Waals surface area contributed by atoms with Crippen molar-refractivity contribution in [2.24, 2.45) is 0 Å². The van der Waals surface area contributed by atoms with Gasteiger partial charge in [0.25, 0.3) is 0 Å². The molecule has 0 spiro atoms. The van der Waals surface area contributed by atoms with E-state index in [1.807, 2.05) is 30.3 Å². The summed E-state index contributed by atoms with van der Waals surface area (Å²) in [6.07, 6.45) is 2.39. The maximum atomic E-state index is 11.3. The number of ether oxygens (including phenoxy) is 1. The summed E-state index contributed by atoms with van der Waals surface area (Å²) in [5.74, 6) is -0.0450. The Morgan fingerprint density at radius 1 is 1.10 bits per heavy atom. The number of carbonyl (C=O) groups excluding carboxylic acids is 1. The third-order valence-corrected chi connectivity index (χ3v) is 3.19. The highest BCUT2D eigenvalue weighted by atomic mass is 16.5. The highest BCUT2D eigenvalue weighted by Crippen LogP contribution is 2.43. The summed E-state index contributed by atoms with van der Waals surface area (Å²) < 4.78 is 5.69. The lowest BCUT2D eigenvalue weighted by Gasteiger charge is -2.23. The molecule has 0 radical (unpaired) electrons. The molecule has 2 N–H and O–H groups in total. The Kier molecular flexibility index (Phi) is 2.91.